The molecule has 0 amide bonds. The fourth-order valence-electron chi connectivity index (χ4n) is 1.12. The summed E-state index contributed by atoms with van der Waals surface area (Å²) in [5, 5.41) is 0. The lowest BCUT2D eigenvalue weighted by atomic mass is 10.2. The molecule has 0 aliphatic carbocycles. The number of benzene rings is 1. The van der Waals surface area contributed by atoms with Gasteiger partial charge in [-0.3, -0.25) is 4.79 Å². The van der Waals surface area contributed by atoms with Gasteiger partial charge in [0.1, 0.15) is 0 Å². The van der Waals surface area contributed by atoms with Gasteiger partial charge in [-0.05, 0) is 5.56 Å². The lowest BCUT2D eigenvalue weighted by molar-refractivity contribution is -0.131. The molecular weight excluding hydrogens is 180 g/mol. The van der Waals surface area contributed by atoms with Crippen molar-refractivity contribution >= 4 is 15.7 Å². The average Bonchev–Trinajstić information content (AvgIpc) is 2.15. The summed E-state index contributed by atoms with van der Waals surface area (Å²) in [7, 11) is -0.760. The van der Waals surface area contributed by atoms with Crippen LogP contribution in [-0.4, -0.2) is 15.7 Å². The summed E-state index contributed by atoms with van der Waals surface area (Å²) in [5.41, 5.74) is 1.67. The van der Waals surface area contributed by atoms with E-state index in [1.165, 1.54) is 12.5 Å². The second-order valence-corrected chi connectivity index (χ2v) is 4.96. The minimum atomic E-state index is -0.760. The summed E-state index contributed by atoms with van der Waals surface area (Å²) < 4.78 is 5.06. The van der Waals surface area contributed by atoms with E-state index in [1.54, 1.807) is 0 Å². The van der Waals surface area contributed by atoms with E-state index in [2.05, 4.69) is 19.1 Å². The Bertz CT molecular complexity index is 272. The van der Waals surface area contributed by atoms with E-state index in [1.807, 2.05) is 18.2 Å². The van der Waals surface area contributed by atoms with Crippen LogP contribution >= 0.6 is 0 Å². The third-order valence-corrected chi connectivity index (χ3v) is 3.45. The fourth-order valence-corrected chi connectivity index (χ4v) is 2.07. The van der Waals surface area contributed by atoms with Gasteiger partial charge in [-0.25, -0.2) is 0 Å². The highest BCUT2D eigenvalue weighted by Crippen LogP contribution is 2.12. The molecule has 13 heavy (non-hydrogen) atoms. The van der Waals surface area contributed by atoms with Crippen LogP contribution in [0.4, 0.5) is 0 Å². The maximum absolute atomic E-state index is 10.6. The van der Waals surface area contributed by atoms with E-state index in [-0.39, 0.29) is 5.97 Å². The van der Waals surface area contributed by atoms with Crippen molar-refractivity contribution in [3.05, 3.63) is 35.9 Å². The first-order chi connectivity index (χ1) is 6.20. The van der Waals surface area contributed by atoms with Crippen LogP contribution in [0.5, 0.6) is 0 Å². The lowest BCUT2D eigenvalue weighted by Gasteiger charge is -2.10. The molecule has 1 aromatic carbocycles. The van der Waals surface area contributed by atoms with Gasteiger partial charge < -0.3 is 4.43 Å². The molecule has 1 rings (SSSR count). The van der Waals surface area contributed by atoms with E-state index >= 15 is 0 Å². The van der Waals surface area contributed by atoms with Crippen molar-refractivity contribution in [1.29, 1.82) is 0 Å². The Hall–Kier alpha value is -1.09. The number of hydrogen-bond donors (Lipinski definition) is 0. The zero-order valence-electron chi connectivity index (χ0n) is 7.99. The Labute approximate surface area is 80.9 Å². The summed E-state index contributed by atoms with van der Waals surface area (Å²) in [4.78, 5) is 10.6. The predicted octanol–water partition coefficient (Wildman–Crippen LogP) is 1.39. The molecule has 0 aliphatic rings. The van der Waals surface area contributed by atoms with E-state index in [4.69, 9.17) is 4.43 Å². The van der Waals surface area contributed by atoms with Crippen LogP contribution in [0.2, 0.25) is 0 Å². The minimum absolute atomic E-state index is 0.158. The van der Waals surface area contributed by atoms with Crippen LogP contribution in [0, 0.1) is 0 Å². The molecule has 70 valence electrons. The van der Waals surface area contributed by atoms with Crippen molar-refractivity contribution in [1.82, 2.24) is 0 Å². The Kier molecular flexibility index (Phi) is 3.70. The number of rotatable bonds is 3. The molecule has 0 aliphatic heterocycles. The second kappa shape index (κ2) is 4.82. The third kappa shape index (κ3) is 3.42. The van der Waals surface area contributed by atoms with Gasteiger partial charge in [0, 0.05) is 12.5 Å². The molecule has 0 radical (unpaired) electrons. The van der Waals surface area contributed by atoms with Crippen LogP contribution in [0.1, 0.15) is 25.0 Å². The van der Waals surface area contributed by atoms with Gasteiger partial charge in [-0.2, -0.15) is 0 Å². The normalized spacial score (nSPS) is 13.1. The van der Waals surface area contributed by atoms with E-state index < -0.39 is 9.76 Å². The zero-order valence-corrected chi connectivity index (χ0v) is 9.40. The van der Waals surface area contributed by atoms with Gasteiger partial charge in [-0.1, -0.05) is 37.3 Å². The average molecular weight is 194 g/mol. The maximum atomic E-state index is 10.6. The van der Waals surface area contributed by atoms with Gasteiger partial charge in [0.25, 0.3) is 5.97 Å². The van der Waals surface area contributed by atoms with Crippen LogP contribution in [0.3, 0.4) is 0 Å². The molecule has 1 unspecified atom stereocenters. The van der Waals surface area contributed by atoms with Crippen LogP contribution in [0.15, 0.2) is 30.3 Å². The SMILES string of the molecule is CC(=O)O[SiH2]C(C)c1ccccc1. The van der Waals surface area contributed by atoms with Gasteiger partial charge in [-0.15, -0.1) is 0 Å². The molecule has 0 N–H and O–H groups in total. The summed E-state index contributed by atoms with van der Waals surface area (Å²) in [6, 6.07) is 10.1. The lowest BCUT2D eigenvalue weighted by Crippen LogP contribution is -2.11. The van der Waals surface area contributed by atoms with Gasteiger partial charge in [0.05, 0.1) is 0 Å². The van der Waals surface area contributed by atoms with Gasteiger partial charge >= 0.3 is 0 Å². The highest BCUT2D eigenvalue weighted by atomic mass is 28.2. The molecule has 0 spiro atoms. The number of carbonyl (C=O) groups is 1. The summed E-state index contributed by atoms with van der Waals surface area (Å²) >= 11 is 0. The van der Waals surface area contributed by atoms with Crippen LogP contribution in [0.25, 0.3) is 0 Å². The molecule has 0 heterocycles. The first-order valence-corrected chi connectivity index (χ1v) is 5.78. The Morgan fingerprint density at radius 3 is 2.54 bits per heavy atom. The number of hydrogen-bond acceptors (Lipinski definition) is 2. The molecule has 2 nitrogen and oxygen atoms in total. The second-order valence-electron chi connectivity index (χ2n) is 3.11. The third-order valence-electron chi connectivity index (χ3n) is 1.91. The predicted molar refractivity (Wildman–Crippen MR) is 55.2 cm³/mol. The summed E-state index contributed by atoms with van der Waals surface area (Å²) in [5.74, 6) is -0.158. The first-order valence-electron chi connectivity index (χ1n) is 4.38. The molecule has 1 aromatic rings. The van der Waals surface area contributed by atoms with Crippen LogP contribution < -0.4 is 0 Å². The summed E-state index contributed by atoms with van der Waals surface area (Å²) in [6.45, 7) is 3.56. The monoisotopic (exact) mass is 194 g/mol. The number of carbonyl (C=O) groups excluding carboxylic acids is 1. The molecule has 3 heteroatoms. The zero-order chi connectivity index (χ0) is 9.68. The Morgan fingerprint density at radius 1 is 1.38 bits per heavy atom. The van der Waals surface area contributed by atoms with Crippen molar-refractivity contribution < 1.29 is 9.22 Å². The molecule has 0 aromatic heterocycles. The van der Waals surface area contributed by atoms with Crippen molar-refractivity contribution in [2.45, 2.75) is 19.4 Å². The standard InChI is InChI=1S/C10H14O2Si/c1-8(13-12-9(2)11)10-6-4-3-5-7-10/h3-8H,13H2,1-2H3. The fraction of sp³-hybridized carbons (Fsp3) is 0.300. The van der Waals surface area contributed by atoms with Crippen LogP contribution in [-0.2, 0) is 9.22 Å². The highest BCUT2D eigenvalue weighted by Gasteiger charge is 2.07. The molecule has 0 saturated heterocycles. The highest BCUT2D eigenvalue weighted by molar-refractivity contribution is 6.32. The molecule has 0 fully saturated rings. The largest absolute Gasteiger partial charge is 0.525 e. The molecule has 1 atom stereocenters. The van der Waals surface area contributed by atoms with E-state index in [0.29, 0.717) is 5.54 Å². The van der Waals surface area contributed by atoms with Gasteiger partial charge in [0.15, 0.2) is 0 Å². The topological polar surface area (TPSA) is 26.3 Å². The smallest absolute Gasteiger partial charge is 0.288 e. The van der Waals surface area contributed by atoms with Crippen molar-refractivity contribution in [3.63, 3.8) is 0 Å². The maximum Gasteiger partial charge on any atom is 0.288 e. The quantitative estimate of drug-likeness (QED) is 0.680. The van der Waals surface area contributed by atoms with Crippen molar-refractivity contribution in [3.8, 4) is 0 Å². The van der Waals surface area contributed by atoms with Crippen molar-refractivity contribution in [2.75, 3.05) is 0 Å². The Morgan fingerprint density at radius 2 is 2.00 bits per heavy atom. The molecule has 0 bridgehead atoms. The molecular formula is C10H14O2Si. The first kappa shape index (κ1) is 9.99. The summed E-state index contributed by atoms with van der Waals surface area (Å²) in [6.07, 6.45) is 0. The van der Waals surface area contributed by atoms with Gasteiger partial charge in [0.2, 0.25) is 9.76 Å². The minimum Gasteiger partial charge on any atom is -0.525 e. The molecule has 0 saturated carbocycles. The van der Waals surface area contributed by atoms with E-state index in [9.17, 15) is 4.79 Å². The van der Waals surface area contributed by atoms with E-state index in [0.717, 1.165) is 0 Å². The Balaban J connectivity index is 2.49. The van der Waals surface area contributed by atoms with Crippen molar-refractivity contribution in [2.24, 2.45) is 0 Å².